The van der Waals surface area contributed by atoms with Crippen LogP contribution in [0.5, 0.6) is 0 Å². The fraction of sp³-hybridized carbons (Fsp3) is 0.0333. The third-order valence-corrected chi connectivity index (χ3v) is 6.70. The number of para-hydroxylation sites is 1. The Morgan fingerprint density at radius 2 is 1.41 bits per heavy atom. The molecule has 9 heteroatoms. The van der Waals surface area contributed by atoms with Gasteiger partial charge in [-0.1, -0.05) is 54.1 Å². The van der Waals surface area contributed by atoms with Gasteiger partial charge in [-0.25, -0.2) is 4.39 Å². The first-order valence-electron chi connectivity index (χ1n) is 11.8. The van der Waals surface area contributed by atoms with E-state index in [1.54, 1.807) is 54.6 Å². The lowest BCUT2D eigenvalue weighted by molar-refractivity contribution is -0.114. The highest BCUT2D eigenvalue weighted by atomic mass is 35.5. The van der Waals surface area contributed by atoms with Crippen molar-refractivity contribution in [2.75, 3.05) is 16.4 Å². The van der Waals surface area contributed by atoms with Crippen LogP contribution in [-0.2, 0) is 9.59 Å². The molecule has 0 aliphatic carbocycles. The number of carbonyl (C=O) groups excluding carboxylic acids is 3. The smallest absolute Gasteiger partial charge is 0.272 e. The molecule has 0 aliphatic rings. The first kappa shape index (κ1) is 27.6. The highest BCUT2D eigenvalue weighted by Crippen LogP contribution is 2.23. The van der Waals surface area contributed by atoms with Crippen LogP contribution in [0.3, 0.4) is 0 Å². The van der Waals surface area contributed by atoms with Crippen molar-refractivity contribution in [2.24, 2.45) is 0 Å². The van der Waals surface area contributed by atoms with Crippen LogP contribution < -0.4 is 16.0 Å². The SMILES string of the molecule is O=C(CSc1ccc(NC(=O)/C(=C/c2c(F)cccc2Cl)NC(=O)c2ccccc2)cc1)Nc1ccccc1. The molecule has 0 spiro atoms. The van der Waals surface area contributed by atoms with Crippen molar-refractivity contribution in [3.8, 4) is 0 Å². The molecule has 4 aromatic rings. The molecular formula is C30H23ClFN3O3S. The van der Waals surface area contributed by atoms with Crippen LogP contribution in [0, 0.1) is 5.82 Å². The monoisotopic (exact) mass is 559 g/mol. The number of thioether (sulfide) groups is 1. The fourth-order valence-corrected chi connectivity index (χ4v) is 4.35. The number of halogens is 2. The fourth-order valence-electron chi connectivity index (χ4n) is 3.44. The minimum Gasteiger partial charge on any atom is -0.325 e. The zero-order valence-corrected chi connectivity index (χ0v) is 22.1. The van der Waals surface area contributed by atoms with Gasteiger partial charge in [-0.2, -0.15) is 0 Å². The van der Waals surface area contributed by atoms with Crippen LogP contribution in [-0.4, -0.2) is 23.5 Å². The predicted molar refractivity (Wildman–Crippen MR) is 154 cm³/mol. The van der Waals surface area contributed by atoms with Gasteiger partial charge in [0.15, 0.2) is 0 Å². The van der Waals surface area contributed by atoms with Crippen LogP contribution in [0.1, 0.15) is 15.9 Å². The molecule has 196 valence electrons. The molecule has 0 aromatic heterocycles. The molecule has 4 rings (SSSR count). The number of benzene rings is 4. The first-order valence-corrected chi connectivity index (χ1v) is 13.2. The maximum atomic E-state index is 14.5. The van der Waals surface area contributed by atoms with Crippen LogP contribution in [0.4, 0.5) is 15.8 Å². The van der Waals surface area contributed by atoms with Crippen molar-refractivity contribution in [3.63, 3.8) is 0 Å². The lowest BCUT2D eigenvalue weighted by Gasteiger charge is -2.12. The molecule has 0 heterocycles. The van der Waals surface area contributed by atoms with Crippen LogP contribution in [0.15, 0.2) is 114 Å². The van der Waals surface area contributed by atoms with Crippen molar-refractivity contribution in [1.29, 1.82) is 0 Å². The van der Waals surface area contributed by atoms with Crippen molar-refractivity contribution in [2.45, 2.75) is 4.90 Å². The lowest BCUT2D eigenvalue weighted by Crippen LogP contribution is -2.30. The van der Waals surface area contributed by atoms with Crippen molar-refractivity contribution >= 4 is 58.5 Å². The standard InChI is InChI=1S/C30H23ClFN3O3S/c31-25-12-7-13-26(32)24(25)18-27(35-29(37)20-8-3-1-4-9-20)30(38)34-22-14-16-23(17-15-22)39-19-28(36)33-21-10-5-2-6-11-21/h1-18H,19H2,(H,33,36)(H,34,38)(H,35,37)/b27-18-. The Labute approximate surface area is 234 Å². The zero-order chi connectivity index (χ0) is 27.6. The molecule has 0 saturated carbocycles. The topological polar surface area (TPSA) is 87.3 Å². The summed E-state index contributed by atoms with van der Waals surface area (Å²) in [6, 6.07) is 28.5. The Morgan fingerprint density at radius 3 is 2.08 bits per heavy atom. The average Bonchev–Trinajstić information content (AvgIpc) is 2.95. The predicted octanol–water partition coefficient (Wildman–Crippen LogP) is 6.62. The zero-order valence-electron chi connectivity index (χ0n) is 20.5. The molecule has 0 saturated heterocycles. The van der Waals surface area contributed by atoms with Crippen molar-refractivity contribution in [1.82, 2.24) is 5.32 Å². The maximum absolute atomic E-state index is 14.5. The summed E-state index contributed by atoms with van der Waals surface area (Å²) in [6.45, 7) is 0. The van der Waals surface area contributed by atoms with Gasteiger partial charge in [-0.05, 0) is 66.7 Å². The van der Waals surface area contributed by atoms with Crippen LogP contribution >= 0.6 is 23.4 Å². The number of amides is 3. The molecule has 0 fully saturated rings. The number of nitrogens with one attached hydrogen (secondary N) is 3. The summed E-state index contributed by atoms with van der Waals surface area (Å²) in [4.78, 5) is 38.9. The molecule has 3 amide bonds. The highest BCUT2D eigenvalue weighted by Gasteiger charge is 2.17. The number of hydrogen-bond donors (Lipinski definition) is 3. The average molecular weight is 560 g/mol. The number of rotatable bonds is 9. The van der Waals surface area contributed by atoms with Gasteiger partial charge >= 0.3 is 0 Å². The first-order chi connectivity index (χ1) is 18.9. The van der Waals surface area contributed by atoms with E-state index < -0.39 is 17.6 Å². The minimum atomic E-state index is -0.666. The number of hydrogen-bond acceptors (Lipinski definition) is 4. The van der Waals surface area contributed by atoms with E-state index in [2.05, 4.69) is 16.0 Å². The Kier molecular flexibility index (Phi) is 9.50. The van der Waals surface area contributed by atoms with E-state index in [1.807, 2.05) is 30.3 Å². The van der Waals surface area contributed by atoms with E-state index in [-0.39, 0.29) is 27.9 Å². The number of anilines is 2. The second kappa shape index (κ2) is 13.4. The van der Waals surface area contributed by atoms with Gasteiger partial charge in [-0.15, -0.1) is 11.8 Å². The summed E-state index contributed by atoms with van der Waals surface area (Å²) < 4.78 is 14.5. The van der Waals surface area contributed by atoms with E-state index in [4.69, 9.17) is 11.6 Å². The highest BCUT2D eigenvalue weighted by molar-refractivity contribution is 8.00. The largest absolute Gasteiger partial charge is 0.325 e. The quantitative estimate of drug-likeness (QED) is 0.159. The molecule has 0 unspecified atom stereocenters. The van der Waals surface area contributed by atoms with Crippen molar-refractivity contribution < 1.29 is 18.8 Å². The van der Waals surface area contributed by atoms with Gasteiger partial charge in [0.25, 0.3) is 11.8 Å². The van der Waals surface area contributed by atoms with E-state index in [0.717, 1.165) is 10.6 Å². The van der Waals surface area contributed by atoms with E-state index >= 15 is 0 Å². The molecule has 39 heavy (non-hydrogen) atoms. The summed E-state index contributed by atoms with van der Waals surface area (Å²) in [6.07, 6.45) is 1.20. The van der Waals surface area contributed by atoms with Gasteiger partial charge in [0.05, 0.1) is 10.8 Å². The van der Waals surface area contributed by atoms with Gasteiger partial charge in [-0.3, -0.25) is 14.4 Å². The Hall–Kier alpha value is -4.40. The summed E-state index contributed by atoms with van der Waals surface area (Å²) in [5.41, 5.74) is 1.28. The Morgan fingerprint density at radius 1 is 0.769 bits per heavy atom. The van der Waals surface area contributed by atoms with Gasteiger partial charge < -0.3 is 16.0 Å². The molecule has 0 bridgehead atoms. The Balaban J connectivity index is 1.44. The van der Waals surface area contributed by atoms with E-state index in [9.17, 15) is 18.8 Å². The third-order valence-electron chi connectivity index (χ3n) is 5.36. The molecular weight excluding hydrogens is 537 g/mol. The molecule has 6 nitrogen and oxygen atoms in total. The normalized spacial score (nSPS) is 11.0. The summed E-state index contributed by atoms with van der Waals surface area (Å²) >= 11 is 7.49. The molecule has 0 aliphatic heterocycles. The summed E-state index contributed by atoms with van der Waals surface area (Å²) in [5.74, 6) is -1.77. The van der Waals surface area contributed by atoms with Gasteiger partial charge in [0, 0.05) is 27.4 Å². The van der Waals surface area contributed by atoms with Crippen LogP contribution in [0.25, 0.3) is 6.08 Å². The molecule has 4 aromatic carbocycles. The van der Waals surface area contributed by atoms with E-state index in [0.29, 0.717) is 11.3 Å². The van der Waals surface area contributed by atoms with Crippen molar-refractivity contribution in [3.05, 3.63) is 131 Å². The number of carbonyl (C=O) groups is 3. The molecule has 3 N–H and O–H groups in total. The minimum absolute atomic E-state index is 0.0294. The second-order valence-corrected chi connectivity index (χ2v) is 9.65. The molecule has 0 atom stereocenters. The van der Waals surface area contributed by atoms with E-state index in [1.165, 1.54) is 36.0 Å². The maximum Gasteiger partial charge on any atom is 0.272 e. The Bertz CT molecular complexity index is 1480. The van der Waals surface area contributed by atoms with Crippen LogP contribution in [0.2, 0.25) is 5.02 Å². The van der Waals surface area contributed by atoms with Gasteiger partial charge in [0.1, 0.15) is 11.5 Å². The lowest BCUT2D eigenvalue weighted by atomic mass is 10.1. The summed E-state index contributed by atoms with van der Waals surface area (Å²) in [5, 5.41) is 8.18. The summed E-state index contributed by atoms with van der Waals surface area (Å²) in [7, 11) is 0. The second-order valence-electron chi connectivity index (χ2n) is 8.19. The van der Waals surface area contributed by atoms with Gasteiger partial charge in [0.2, 0.25) is 5.91 Å². The molecule has 0 radical (unpaired) electrons. The third kappa shape index (κ3) is 8.04.